The smallest absolute Gasteiger partial charge is 0.262 e. The summed E-state index contributed by atoms with van der Waals surface area (Å²) in [6.07, 6.45) is 0. The second kappa shape index (κ2) is 9.48. The van der Waals surface area contributed by atoms with Crippen molar-refractivity contribution in [2.45, 2.75) is 45.2 Å². The number of ether oxygens (including phenoxy) is 1. The molecule has 0 saturated carbocycles. The summed E-state index contributed by atoms with van der Waals surface area (Å²) in [5.74, 6) is 0.163. The summed E-state index contributed by atoms with van der Waals surface area (Å²) in [5, 5.41) is 5.12. The third kappa shape index (κ3) is 4.78. The molecule has 0 aliphatic rings. The third-order valence-electron chi connectivity index (χ3n) is 5.58. The predicted octanol–water partition coefficient (Wildman–Crippen LogP) is 4.83. The molecule has 4 rings (SSSR count). The molecular formula is C26H29N3O4S. The predicted molar refractivity (Wildman–Crippen MR) is 136 cm³/mol. The number of amides is 1. The molecule has 0 radical (unpaired) electrons. The molecule has 7 nitrogen and oxygen atoms in total. The van der Waals surface area contributed by atoms with Gasteiger partial charge in [-0.1, -0.05) is 18.2 Å². The second-order valence-corrected chi connectivity index (χ2v) is 10.2. The van der Waals surface area contributed by atoms with Crippen LogP contribution in [0.2, 0.25) is 0 Å². The molecule has 0 spiro atoms. The Balaban J connectivity index is 1.47. The van der Waals surface area contributed by atoms with Gasteiger partial charge in [0.15, 0.2) is 6.61 Å². The van der Waals surface area contributed by atoms with Crippen LogP contribution in [0.1, 0.15) is 26.3 Å². The van der Waals surface area contributed by atoms with Gasteiger partial charge in [0.05, 0.1) is 4.90 Å². The maximum absolute atomic E-state index is 12.6. The van der Waals surface area contributed by atoms with Crippen LogP contribution in [-0.2, 0) is 21.4 Å². The van der Waals surface area contributed by atoms with Crippen molar-refractivity contribution in [3.8, 4) is 5.75 Å². The van der Waals surface area contributed by atoms with Gasteiger partial charge >= 0.3 is 0 Å². The Morgan fingerprint density at radius 3 is 2.44 bits per heavy atom. The fourth-order valence-electron chi connectivity index (χ4n) is 4.14. The van der Waals surface area contributed by atoms with Crippen LogP contribution in [0, 0.1) is 6.92 Å². The van der Waals surface area contributed by atoms with E-state index in [0.29, 0.717) is 17.0 Å². The summed E-state index contributed by atoms with van der Waals surface area (Å²) in [7, 11) is -3.59. The zero-order valence-corrected chi connectivity index (χ0v) is 20.6. The molecule has 1 heterocycles. The van der Waals surface area contributed by atoms with Crippen molar-refractivity contribution in [1.82, 2.24) is 9.29 Å². The molecule has 0 aliphatic heterocycles. The van der Waals surface area contributed by atoms with Crippen molar-refractivity contribution in [3.05, 3.63) is 66.2 Å². The molecular weight excluding hydrogens is 450 g/mol. The van der Waals surface area contributed by atoms with E-state index in [0.717, 1.165) is 28.4 Å². The van der Waals surface area contributed by atoms with E-state index in [1.807, 2.05) is 30.3 Å². The molecule has 2 N–H and O–H groups in total. The minimum atomic E-state index is -3.59. The number of nitrogens with one attached hydrogen (secondary N) is 2. The summed E-state index contributed by atoms with van der Waals surface area (Å²) < 4.78 is 35.2. The van der Waals surface area contributed by atoms with E-state index >= 15 is 0 Å². The minimum Gasteiger partial charge on any atom is -0.483 e. The van der Waals surface area contributed by atoms with E-state index in [-0.39, 0.29) is 23.5 Å². The maximum atomic E-state index is 12.6. The van der Waals surface area contributed by atoms with Gasteiger partial charge in [-0.05, 0) is 75.7 Å². The second-order valence-electron chi connectivity index (χ2n) is 8.53. The quantitative estimate of drug-likeness (QED) is 0.379. The number of anilines is 1. The summed E-state index contributed by atoms with van der Waals surface area (Å²) in [6.45, 7) is 8.06. The van der Waals surface area contributed by atoms with E-state index in [9.17, 15) is 13.2 Å². The van der Waals surface area contributed by atoms with Gasteiger partial charge in [-0.25, -0.2) is 13.1 Å². The molecule has 0 fully saturated rings. The Labute approximate surface area is 199 Å². The summed E-state index contributed by atoms with van der Waals surface area (Å²) in [6, 6.07) is 18.5. The Morgan fingerprint density at radius 1 is 1.00 bits per heavy atom. The first-order valence-electron chi connectivity index (χ1n) is 11.3. The number of fused-ring (bicyclic) bond motifs is 3. The summed E-state index contributed by atoms with van der Waals surface area (Å²) in [5.41, 5.74) is 3.61. The normalized spacial score (nSPS) is 11.9. The van der Waals surface area contributed by atoms with Crippen LogP contribution in [0.15, 0.2) is 65.6 Å². The molecule has 0 aliphatic carbocycles. The van der Waals surface area contributed by atoms with Crippen molar-refractivity contribution < 1.29 is 17.9 Å². The maximum Gasteiger partial charge on any atom is 0.262 e. The van der Waals surface area contributed by atoms with Crippen molar-refractivity contribution in [3.63, 3.8) is 0 Å². The number of rotatable bonds is 8. The summed E-state index contributed by atoms with van der Waals surface area (Å²) >= 11 is 0. The average Bonchev–Trinajstić information content (AvgIpc) is 3.10. The molecule has 0 saturated heterocycles. The number of carbonyl (C=O) groups excluding carboxylic acids is 1. The minimum absolute atomic E-state index is 0.162. The lowest BCUT2D eigenvalue weighted by atomic mass is 10.1. The third-order valence-corrected chi connectivity index (χ3v) is 7.23. The first-order chi connectivity index (χ1) is 16.2. The fourth-order valence-corrected chi connectivity index (χ4v) is 5.48. The van der Waals surface area contributed by atoms with Gasteiger partial charge in [0.25, 0.3) is 5.91 Å². The van der Waals surface area contributed by atoms with Gasteiger partial charge in [-0.3, -0.25) is 4.79 Å². The van der Waals surface area contributed by atoms with Crippen LogP contribution < -0.4 is 14.8 Å². The number of para-hydroxylation sites is 1. The van der Waals surface area contributed by atoms with Crippen molar-refractivity contribution >= 4 is 43.4 Å². The summed E-state index contributed by atoms with van der Waals surface area (Å²) in [4.78, 5) is 12.7. The molecule has 0 atom stereocenters. The largest absolute Gasteiger partial charge is 0.483 e. The number of carbonyl (C=O) groups is 1. The van der Waals surface area contributed by atoms with Crippen LogP contribution in [0.3, 0.4) is 0 Å². The number of aromatic nitrogens is 1. The van der Waals surface area contributed by atoms with Gasteiger partial charge < -0.3 is 14.6 Å². The highest BCUT2D eigenvalue weighted by Crippen LogP contribution is 2.31. The topological polar surface area (TPSA) is 89.4 Å². The van der Waals surface area contributed by atoms with Crippen LogP contribution in [0.5, 0.6) is 5.75 Å². The van der Waals surface area contributed by atoms with Crippen molar-refractivity contribution in [2.24, 2.45) is 0 Å². The van der Waals surface area contributed by atoms with Gasteiger partial charge in [-0.15, -0.1) is 0 Å². The number of hydrogen-bond donors (Lipinski definition) is 2. The molecule has 8 heteroatoms. The molecule has 0 bridgehead atoms. The lowest BCUT2D eigenvalue weighted by Gasteiger charge is -2.13. The zero-order chi connectivity index (χ0) is 24.5. The Morgan fingerprint density at radius 2 is 1.74 bits per heavy atom. The highest BCUT2D eigenvalue weighted by Gasteiger charge is 2.17. The van der Waals surface area contributed by atoms with E-state index < -0.39 is 10.0 Å². The molecule has 178 valence electrons. The van der Waals surface area contributed by atoms with Gasteiger partial charge in [0.1, 0.15) is 5.75 Å². The first-order valence-corrected chi connectivity index (χ1v) is 12.7. The van der Waals surface area contributed by atoms with Gasteiger partial charge in [0, 0.05) is 40.1 Å². The van der Waals surface area contributed by atoms with Gasteiger partial charge in [-0.2, -0.15) is 0 Å². The number of aryl methyl sites for hydroxylation is 2. The van der Waals surface area contributed by atoms with Crippen LogP contribution >= 0.6 is 0 Å². The number of nitrogens with zero attached hydrogens (tertiary/aromatic N) is 1. The van der Waals surface area contributed by atoms with E-state index in [2.05, 4.69) is 33.7 Å². The van der Waals surface area contributed by atoms with Crippen LogP contribution in [-0.4, -0.2) is 31.5 Å². The van der Waals surface area contributed by atoms with Crippen LogP contribution in [0.25, 0.3) is 21.8 Å². The number of sulfonamides is 1. The van der Waals surface area contributed by atoms with Gasteiger partial charge in [0.2, 0.25) is 10.0 Å². The van der Waals surface area contributed by atoms with Crippen LogP contribution in [0.4, 0.5) is 5.69 Å². The molecule has 4 aromatic rings. The molecule has 3 aromatic carbocycles. The highest BCUT2D eigenvalue weighted by atomic mass is 32.2. The zero-order valence-electron chi connectivity index (χ0n) is 19.8. The standard InChI is InChI=1S/C26H29N3O4S/c1-5-29-23-9-7-6-8-21(23)22-15-19(10-12-24(22)29)27-26(30)16-33-25-13-11-20(14-18(25)4)34(31,32)28-17(2)3/h6-15,17,28H,5,16H2,1-4H3,(H,27,30). The van der Waals surface area contributed by atoms with E-state index in [4.69, 9.17) is 4.74 Å². The van der Waals surface area contributed by atoms with E-state index in [1.165, 1.54) is 12.1 Å². The highest BCUT2D eigenvalue weighted by molar-refractivity contribution is 7.89. The molecule has 1 aromatic heterocycles. The number of benzene rings is 3. The Kier molecular flexibility index (Phi) is 6.63. The molecule has 34 heavy (non-hydrogen) atoms. The lowest BCUT2D eigenvalue weighted by molar-refractivity contribution is -0.118. The Bertz CT molecular complexity index is 1470. The molecule has 1 amide bonds. The number of hydrogen-bond acceptors (Lipinski definition) is 4. The first kappa shape index (κ1) is 23.8. The van der Waals surface area contributed by atoms with Crippen molar-refractivity contribution in [2.75, 3.05) is 11.9 Å². The fraction of sp³-hybridized carbons (Fsp3) is 0.269. The SMILES string of the molecule is CCn1c2ccccc2c2cc(NC(=O)COc3ccc(S(=O)(=O)NC(C)C)cc3C)ccc21. The lowest BCUT2D eigenvalue weighted by Crippen LogP contribution is -2.30. The van der Waals surface area contributed by atoms with E-state index in [1.54, 1.807) is 26.8 Å². The average molecular weight is 480 g/mol. The Hall–Kier alpha value is -3.36. The monoisotopic (exact) mass is 479 g/mol. The molecule has 0 unspecified atom stereocenters. The van der Waals surface area contributed by atoms with Crippen molar-refractivity contribution in [1.29, 1.82) is 0 Å².